The molecule has 0 fully saturated rings. The second-order valence-electron chi connectivity index (χ2n) is 4.35. The Morgan fingerprint density at radius 2 is 2.00 bits per heavy atom. The topological polar surface area (TPSA) is 20.3 Å². The van der Waals surface area contributed by atoms with Crippen LogP contribution in [0.5, 0.6) is 0 Å². The molecule has 0 spiro atoms. The Bertz CT molecular complexity index is 434. The van der Waals surface area contributed by atoms with Crippen LogP contribution in [0, 0.1) is 0 Å². The molecule has 2 nitrogen and oxygen atoms in total. The summed E-state index contributed by atoms with van der Waals surface area (Å²) in [4.78, 5) is 13.3. The van der Waals surface area contributed by atoms with Gasteiger partial charge < -0.3 is 4.90 Å². The summed E-state index contributed by atoms with van der Waals surface area (Å²) in [7, 11) is 1.57. The molecule has 0 heterocycles. The summed E-state index contributed by atoms with van der Waals surface area (Å²) >= 11 is 5.76. The molecular formula is C13H15ClF3NO. The van der Waals surface area contributed by atoms with E-state index in [0.29, 0.717) is 17.1 Å². The van der Waals surface area contributed by atoms with Crippen LogP contribution in [0.1, 0.15) is 23.2 Å². The fraction of sp³-hybridized carbons (Fsp3) is 0.462. The molecule has 106 valence electrons. The third-order valence-corrected chi connectivity index (χ3v) is 2.88. The van der Waals surface area contributed by atoms with Crippen molar-refractivity contribution in [2.24, 2.45) is 0 Å². The number of alkyl halides is 3. The Hall–Kier alpha value is -1.07. The molecule has 0 N–H and O–H groups in total. The molecule has 0 aliphatic carbocycles. The van der Waals surface area contributed by atoms with Gasteiger partial charge in [-0.1, -0.05) is 23.7 Å². The van der Waals surface area contributed by atoms with E-state index in [1.807, 2.05) is 0 Å². The molecule has 1 rings (SSSR count). The number of rotatable bonds is 6. The molecule has 6 heteroatoms. The number of carbonyl (C=O) groups excluding carboxylic acids is 1. The smallest absolute Gasteiger partial charge is 0.306 e. The lowest BCUT2D eigenvalue weighted by molar-refractivity contribution is -0.137. The molecule has 0 amide bonds. The van der Waals surface area contributed by atoms with E-state index in [1.54, 1.807) is 31.3 Å². The summed E-state index contributed by atoms with van der Waals surface area (Å²) < 4.78 is 36.0. The van der Waals surface area contributed by atoms with Crippen molar-refractivity contribution in [3.63, 3.8) is 0 Å². The van der Waals surface area contributed by atoms with Crippen molar-refractivity contribution < 1.29 is 18.0 Å². The minimum absolute atomic E-state index is 0.105. The summed E-state index contributed by atoms with van der Waals surface area (Å²) in [6, 6.07) is 6.53. The average molecular weight is 294 g/mol. The van der Waals surface area contributed by atoms with Crippen molar-refractivity contribution in [1.29, 1.82) is 0 Å². The minimum atomic E-state index is -4.16. The van der Waals surface area contributed by atoms with Crippen LogP contribution in [0.2, 0.25) is 5.02 Å². The number of carbonyl (C=O) groups is 1. The van der Waals surface area contributed by atoms with Gasteiger partial charge in [-0.3, -0.25) is 4.79 Å². The monoisotopic (exact) mass is 293 g/mol. The molecule has 1 aromatic carbocycles. The predicted molar refractivity (Wildman–Crippen MR) is 68.6 cm³/mol. The van der Waals surface area contributed by atoms with Crippen LogP contribution in [0.25, 0.3) is 0 Å². The first kappa shape index (κ1) is 16.0. The van der Waals surface area contributed by atoms with Crippen LogP contribution >= 0.6 is 11.6 Å². The lowest BCUT2D eigenvalue weighted by atomic mass is 10.1. The van der Waals surface area contributed by atoms with Gasteiger partial charge >= 0.3 is 6.18 Å². The molecule has 0 radical (unpaired) electrons. The zero-order valence-electron chi connectivity index (χ0n) is 10.5. The van der Waals surface area contributed by atoms with Crippen molar-refractivity contribution in [1.82, 2.24) is 4.90 Å². The van der Waals surface area contributed by atoms with Gasteiger partial charge in [0, 0.05) is 30.1 Å². The lowest BCUT2D eigenvalue weighted by Gasteiger charge is -2.17. The Kier molecular flexibility index (Phi) is 5.82. The third-order valence-electron chi connectivity index (χ3n) is 2.64. The van der Waals surface area contributed by atoms with E-state index in [1.165, 1.54) is 4.90 Å². The van der Waals surface area contributed by atoms with Crippen LogP contribution < -0.4 is 0 Å². The summed E-state index contributed by atoms with van der Waals surface area (Å²) in [5.74, 6) is -0.124. The van der Waals surface area contributed by atoms with Crippen LogP contribution in [0.4, 0.5) is 13.2 Å². The van der Waals surface area contributed by atoms with E-state index in [0.717, 1.165) is 0 Å². The molecule has 0 saturated heterocycles. The van der Waals surface area contributed by atoms with Gasteiger partial charge in [-0.2, -0.15) is 13.2 Å². The molecule has 0 aliphatic rings. The highest BCUT2D eigenvalue weighted by Crippen LogP contribution is 2.19. The number of hydrogen-bond acceptors (Lipinski definition) is 2. The van der Waals surface area contributed by atoms with Crippen LogP contribution in [-0.2, 0) is 0 Å². The summed E-state index contributed by atoms with van der Waals surface area (Å²) in [5, 5.41) is 0.469. The minimum Gasteiger partial charge on any atom is -0.306 e. The molecule has 1 aromatic rings. The summed E-state index contributed by atoms with van der Waals surface area (Å²) in [6.07, 6.45) is -4.85. The third kappa shape index (κ3) is 6.59. The van der Waals surface area contributed by atoms with Gasteiger partial charge in [0.25, 0.3) is 0 Å². The number of hydrogen-bond donors (Lipinski definition) is 0. The predicted octanol–water partition coefficient (Wildman–Crippen LogP) is 3.80. The SMILES string of the molecule is CN(CCC(=O)c1cccc(Cl)c1)CCC(F)(F)F. The second kappa shape index (κ2) is 6.91. The largest absolute Gasteiger partial charge is 0.390 e. The molecule has 0 atom stereocenters. The fourth-order valence-electron chi connectivity index (χ4n) is 1.53. The molecule has 0 saturated carbocycles. The maximum absolute atomic E-state index is 12.0. The Balaban J connectivity index is 2.38. The van der Waals surface area contributed by atoms with Crippen molar-refractivity contribution >= 4 is 17.4 Å². The zero-order valence-corrected chi connectivity index (χ0v) is 11.3. The number of halogens is 4. The highest BCUT2D eigenvalue weighted by Gasteiger charge is 2.27. The summed E-state index contributed by atoms with van der Waals surface area (Å²) in [6.45, 7) is 0.188. The number of nitrogens with zero attached hydrogens (tertiary/aromatic N) is 1. The second-order valence-corrected chi connectivity index (χ2v) is 4.79. The van der Waals surface area contributed by atoms with Crippen LogP contribution in [0.3, 0.4) is 0 Å². The van der Waals surface area contributed by atoms with Gasteiger partial charge in [0.15, 0.2) is 5.78 Å². The van der Waals surface area contributed by atoms with Crippen LogP contribution in [-0.4, -0.2) is 37.0 Å². The van der Waals surface area contributed by atoms with Crippen molar-refractivity contribution in [3.05, 3.63) is 34.9 Å². The average Bonchev–Trinajstić information content (AvgIpc) is 2.32. The van der Waals surface area contributed by atoms with Crippen molar-refractivity contribution in [3.8, 4) is 0 Å². The van der Waals surface area contributed by atoms with Crippen molar-refractivity contribution in [2.45, 2.75) is 19.0 Å². The lowest BCUT2D eigenvalue weighted by Crippen LogP contribution is -2.26. The van der Waals surface area contributed by atoms with E-state index in [9.17, 15) is 18.0 Å². The van der Waals surface area contributed by atoms with Crippen LogP contribution in [0.15, 0.2) is 24.3 Å². The number of Topliss-reactive ketones (excluding diaryl/α,β-unsaturated/α-hetero) is 1. The number of benzene rings is 1. The molecule has 0 aliphatic heterocycles. The van der Waals surface area contributed by atoms with Gasteiger partial charge in [0.05, 0.1) is 6.42 Å². The molecule has 0 aromatic heterocycles. The maximum atomic E-state index is 12.0. The fourth-order valence-corrected chi connectivity index (χ4v) is 1.72. The van der Waals surface area contributed by atoms with E-state index < -0.39 is 12.6 Å². The first-order valence-electron chi connectivity index (χ1n) is 5.82. The molecule has 0 bridgehead atoms. The highest BCUT2D eigenvalue weighted by molar-refractivity contribution is 6.31. The summed E-state index contributed by atoms with van der Waals surface area (Å²) in [5.41, 5.74) is 0.483. The van der Waals surface area contributed by atoms with E-state index in [-0.39, 0.29) is 18.7 Å². The molecule has 0 unspecified atom stereocenters. The maximum Gasteiger partial charge on any atom is 0.390 e. The Morgan fingerprint density at radius 3 is 2.58 bits per heavy atom. The zero-order chi connectivity index (χ0) is 14.5. The number of ketones is 1. The van der Waals surface area contributed by atoms with Gasteiger partial charge in [0.1, 0.15) is 0 Å². The van der Waals surface area contributed by atoms with Gasteiger partial charge in [-0.05, 0) is 19.2 Å². The van der Waals surface area contributed by atoms with Crippen molar-refractivity contribution in [2.75, 3.05) is 20.1 Å². The van der Waals surface area contributed by atoms with Gasteiger partial charge in [-0.15, -0.1) is 0 Å². The first-order valence-corrected chi connectivity index (χ1v) is 6.20. The quantitative estimate of drug-likeness (QED) is 0.744. The molecular weight excluding hydrogens is 279 g/mol. The van der Waals surface area contributed by atoms with E-state index in [2.05, 4.69) is 0 Å². The Morgan fingerprint density at radius 1 is 1.32 bits per heavy atom. The highest BCUT2D eigenvalue weighted by atomic mass is 35.5. The van der Waals surface area contributed by atoms with Gasteiger partial charge in [0.2, 0.25) is 0 Å². The molecule has 19 heavy (non-hydrogen) atoms. The normalized spacial score (nSPS) is 11.9. The van der Waals surface area contributed by atoms with E-state index >= 15 is 0 Å². The Labute approximate surface area is 115 Å². The standard InChI is InChI=1S/C13H15ClF3NO/c1-18(8-6-13(15,16)17)7-5-12(19)10-3-2-4-11(14)9-10/h2-4,9H,5-8H2,1H3. The van der Waals surface area contributed by atoms with E-state index in [4.69, 9.17) is 11.6 Å². The van der Waals surface area contributed by atoms with Gasteiger partial charge in [-0.25, -0.2) is 0 Å². The first-order chi connectivity index (χ1) is 8.78.